The normalized spacial score (nSPS) is 30.3. The molecular formula is C29H34BP. The quantitative estimate of drug-likeness (QED) is 0.328. The van der Waals surface area contributed by atoms with Crippen molar-refractivity contribution in [3.63, 3.8) is 0 Å². The van der Waals surface area contributed by atoms with Crippen molar-refractivity contribution >= 4 is 29.3 Å². The van der Waals surface area contributed by atoms with Crippen LogP contribution in [0.2, 0.25) is 19.0 Å². The second-order valence-electron chi connectivity index (χ2n) is 11.1. The molecule has 0 radical (unpaired) electrons. The molecule has 3 aliphatic heterocycles. The number of hydrogen-bond donors (Lipinski definition) is 0. The molecule has 1 aliphatic carbocycles. The van der Waals surface area contributed by atoms with E-state index in [0.717, 1.165) is 23.3 Å². The summed E-state index contributed by atoms with van der Waals surface area (Å²) in [5, 5.41) is 4.74. The Hall–Kier alpha value is -1.85. The first kappa shape index (κ1) is 19.8. The van der Waals surface area contributed by atoms with Gasteiger partial charge in [0.25, 0.3) is 0 Å². The summed E-state index contributed by atoms with van der Waals surface area (Å²) in [6.07, 6.45) is 8.83. The van der Waals surface area contributed by atoms with Crippen molar-refractivity contribution in [1.82, 2.24) is 0 Å². The molecule has 0 amide bonds. The maximum atomic E-state index is 2.69. The van der Waals surface area contributed by atoms with Gasteiger partial charge < -0.3 is 0 Å². The van der Waals surface area contributed by atoms with E-state index >= 15 is 0 Å². The van der Waals surface area contributed by atoms with E-state index in [-0.39, 0.29) is 6.15 Å². The minimum Gasteiger partial charge on any atom is -0.171 e. The standard InChI is InChI=1S/C29H34BP/c1-23(30-20-24-17-25(21-30)19-26(18-24)22-30)31(27-11-5-2-6-12-27,28-13-7-3-8-14-28)29-15-9-4-10-16-29/h2-16,23-26H,17-22H2,1H3. The maximum absolute atomic E-state index is 2.69. The molecule has 0 nitrogen and oxygen atoms in total. The average molecular weight is 424 g/mol. The van der Waals surface area contributed by atoms with Crippen LogP contribution in [-0.4, -0.2) is 11.7 Å². The van der Waals surface area contributed by atoms with Gasteiger partial charge in [-0.25, -0.2) is 0 Å². The van der Waals surface area contributed by atoms with Crippen molar-refractivity contribution in [2.24, 2.45) is 17.8 Å². The fourth-order valence-electron chi connectivity index (χ4n) is 8.77. The third-order valence-corrected chi connectivity index (χ3v) is 14.7. The highest BCUT2D eigenvalue weighted by Crippen LogP contribution is 2.68. The first-order valence-electron chi connectivity index (χ1n) is 12.5. The van der Waals surface area contributed by atoms with Gasteiger partial charge in [0, 0.05) is 6.15 Å². The van der Waals surface area contributed by atoms with Gasteiger partial charge >= 0.3 is 0 Å². The van der Waals surface area contributed by atoms with E-state index < -0.39 is 7.26 Å². The van der Waals surface area contributed by atoms with Crippen LogP contribution in [0.5, 0.6) is 0 Å². The van der Waals surface area contributed by atoms with Gasteiger partial charge in [-0.3, -0.25) is 0 Å². The van der Waals surface area contributed by atoms with Gasteiger partial charge in [-0.15, -0.1) is 0 Å². The van der Waals surface area contributed by atoms with Gasteiger partial charge in [-0.05, 0) is 42.0 Å². The van der Waals surface area contributed by atoms with Gasteiger partial charge in [-0.2, -0.15) is 19.0 Å². The van der Waals surface area contributed by atoms with E-state index in [4.69, 9.17) is 0 Å². The number of benzene rings is 3. The predicted octanol–water partition coefficient (Wildman–Crippen LogP) is 6.42. The maximum Gasteiger partial charge on any atom is 0.101 e. The lowest BCUT2D eigenvalue weighted by molar-refractivity contribution is 0.187. The third-order valence-electron chi connectivity index (χ3n) is 9.53. The lowest BCUT2D eigenvalue weighted by Crippen LogP contribution is -2.62. The summed E-state index contributed by atoms with van der Waals surface area (Å²) in [4.78, 5) is 0. The van der Waals surface area contributed by atoms with Gasteiger partial charge in [0.05, 0.1) is 7.26 Å². The van der Waals surface area contributed by atoms with Gasteiger partial charge in [0.2, 0.25) is 0 Å². The number of hydrogen-bond acceptors (Lipinski definition) is 0. The lowest BCUT2D eigenvalue weighted by atomic mass is 9.10. The Morgan fingerprint density at radius 2 is 0.903 bits per heavy atom. The Labute approximate surface area is 188 Å². The Morgan fingerprint density at radius 1 is 0.581 bits per heavy atom. The molecule has 2 heteroatoms. The van der Waals surface area contributed by atoms with E-state index in [9.17, 15) is 0 Å². The van der Waals surface area contributed by atoms with Gasteiger partial charge in [0.1, 0.15) is 15.9 Å². The Balaban J connectivity index is 1.61. The summed E-state index contributed by atoms with van der Waals surface area (Å²) < 4.78 is 0. The highest BCUT2D eigenvalue weighted by atomic mass is 31.2. The van der Waals surface area contributed by atoms with Crippen LogP contribution in [0, 0.1) is 17.8 Å². The SMILES string of the molecule is CC([B-]12CC3CC(CC(C3)C1)C2)[P+](c1ccccc1)(c1ccccc1)c1ccccc1. The van der Waals surface area contributed by atoms with E-state index in [1.807, 2.05) is 0 Å². The van der Waals surface area contributed by atoms with Crippen molar-refractivity contribution in [2.45, 2.75) is 50.7 Å². The van der Waals surface area contributed by atoms with Gasteiger partial charge in [-0.1, -0.05) is 98.5 Å². The molecule has 4 bridgehead atoms. The molecule has 0 spiro atoms. The minimum absolute atomic E-state index is 0.346. The zero-order valence-corrected chi connectivity index (χ0v) is 19.6. The molecule has 158 valence electrons. The monoisotopic (exact) mass is 424 g/mol. The van der Waals surface area contributed by atoms with Crippen molar-refractivity contribution in [3.05, 3.63) is 91.0 Å². The molecule has 1 atom stereocenters. The highest BCUT2D eigenvalue weighted by Gasteiger charge is 2.59. The van der Waals surface area contributed by atoms with Crippen LogP contribution < -0.4 is 15.9 Å². The van der Waals surface area contributed by atoms with E-state index in [1.54, 1.807) is 15.9 Å². The summed E-state index contributed by atoms with van der Waals surface area (Å²) in [5.41, 5.74) is 0.730. The molecule has 7 rings (SSSR count). The molecule has 1 saturated carbocycles. The fraction of sp³-hybridized carbons (Fsp3) is 0.379. The summed E-state index contributed by atoms with van der Waals surface area (Å²) >= 11 is 0. The molecule has 4 fully saturated rings. The fourth-order valence-corrected chi connectivity index (χ4v) is 14.3. The van der Waals surface area contributed by atoms with Crippen LogP contribution in [-0.2, 0) is 0 Å². The summed E-state index contributed by atoms with van der Waals surface area (Å²) in [5.74, 6) is 3.04. The van der Waals surface area contributed by atoms with Crippen LogP contribution in [0.1, 0.15) is 26.2 Å². The summed E-state index contributed by atoms with van der Waals surface area (Å²) in [6, 6.07) is 34.9. The summed E-state index contributed by atoms with van der Waals surface area (Å²) in [7, 11) is -1.77. The largest absolute Gasteiger partial charge is 0.171 e. The van der Waals surface area contributed by atoms with Crippen molar-refractivity contribution in [3.8, 4) is 0 Å². The molecule has 31 heavy (non-hydrogen) atoms. The lowest BCUT2D eigenvalue weighted by Gasteiger charge is -2.64. The minimum atomic E-state index is -1.77. The van der Waals surface area contributed by atoms with Crippen LogP contribution in [0.15, 0.2) is 91.0 Å². The Morgan fingerprint density at radius 3 is 1.23 bits per heavy atom. The molecule has 3 aromatic carbocycles. The molecule has 0 N–H and O–H groups in total. The Kier molecular flexibility index (Phi) is 4.88. The molecule has 3 heterocycles. The second-order valence-corrected chi connectivity index (χ2v) is 14.9. The van der Waals surface area contributed by atoms with Crippen molar-refractivity contribution in [1.29, 1.82) is 0 Å². The van der Waals surface area contributed by atoms with Crippen LogP contribution in [0.4, 0.5) is 0 Å². The van der Waals surface area contributed by atoms with Crippen LogP contribution >= 0.6 is 7.26 Å². The topological polar surface area (TPSA) is 0 Å². The van der Waals surface area contributed by atoms with Crippen molar-refractivity contribution in [2.75, 3.05) is 0 Å². The van der Waals surface area contributed by atoms with Crippen molar-refractivity contribution < 1.29 is 0 Å². The second kappa shape index (κ2) is 7.63. The molecule has 4 aliphatic rings. The van der Waals surface area contributed by atoms with E-state index in [2.05, 4.69) is 97.9 Å². The highest BCUT2D eigenvalue weighted by molar-refractivity contribution is 7.97. The average Bonchev–Trinajstić information content (AvgIpc) is 2.81. The Bertz CT molecular complexity index is 898. The van der Waals surface area contributed by atoms with Crippen LogP contribution in [0.25, 0.3) is 0 Å². The predicted molar refractivity (Wildman–Crippen MR) is 139 cm³/mol. The smallest absolute Gasteiger partial charge is 0.101 e. The van der Waals surface area contributed by atoms with E-state index in [1.165, 1.54) is 38.2 Å². The molecular weight excluding hydrogens is 390 g/mol. The zero-order valence-electron chi connectivity index (χ0n) is 18.7. The molecule has 3 saturated heterocycles. The van der Waals surface area contributed by atoms with E-state index in [0.29, 0.717) is 0 Å². The van der Waals surface area contributed by atoms with Crippen LogP contribution in [0.3, 0.4) is 0 Å². The first-order chi connectivity index (χ1) is 15.2. The molecule has 3 aromatic rings. The van der Waals surface area contributed by atoms with Gasteiger partial charge in [0.15, 0.2) is 0 Å². The zero-order chi connectivity index (χ0) is 20.9. The third kappa shape index (κ3) is 3.07. The molecule has 1 unspecified atom stereocenters. The molecule has 0 aromatic heterocycles. The number of rotatable bonds is 5. The first-order valence-corrected chi connectivity index (χ1v) is 14.3. The summed E-state index contributed by atoms with van der Waals surface area (Å²) in [6.45, 7) is 2.69.